The molecule has 0 saturated carbocycles. The third-order valence-electron chi connectivity index (χ3n) is 2.72. The lowest BCUT2D eigenvalue weighted by atomic mass is 10.2. The number of esters is 1. The molecule has 0 spiro atoms. The number of nitrogens with zero attached hydrogens (tertiary/aromatic N) is 1. The van der Waals surface area contributed by atoms with Gasteiger partial charge in [0.25, 0.3) is 5.69 Å². The summed E-state index contributed by atoms with van der Waals surface area (Å²) in [7, 11) is 0. The molecule has 0 aliphatic rings. The third kappa shape index (κ3) is 4.58. The van der Waals surface area contributed by atoms with Gasteiger partial charge in [-0.25, -0.2) is 4.79 Å². The van der Waals surface area contributed by atoms with Crippen molar-refractivity contribution >= 4 is 17.7 Å². The number of non-ortho nitro benzene ring substituents is 1. The molecule has 0 N–H and O–H groups in total. The van der Waals surface area contributed by atoms with Crippen molar-refractivity contribution in [3.63, 3.8) is 0 Å². The number of carbonyl (C=O) groups is 1. The maximum Gasteiger partial charge on any atom is 0.331 e. The zero-order chi connectivity index (χ0) is 15.1. The van der Waals surface area contributed by atoms with Crippen LogP contribution < -0.4 is 0 Å². The first-order chi connectivity index (χ1) is 10.1. The van der Waals surface area contributed by atoms with Gasteiger partial charge in [0.2, 0.25) is 0 Å². The number of nitro groups is 1. The summed E-state index contributed by atoms with van der Waals surface area (Å²) < 4.78 is 5.07. The Labute approximate surface area is 121 Å². The van der Waals surface area contributed by atoms with Gasteiger partial charge in [-0.15, -0.1) is 0 Å². The fraction of sp³-hybridized carbons (Fsp3) is 0.0625. The summed E-state index contributed by atoms with van der Waals surface area (Å²) in [6, 6.07) is 15.3. The zero-order valence-corrected chi connectivity index (χ0v) is 11.1. The van der Waals surface area contributed by atoms with Crippen LogP contribution in [0.5, 0.6) is 0 Å². The minimum atomic E-state index is -0.495. The lowest BCUT2D eigenvalue weighted by Gasteiger charge is -2.01. The summed E-state index contributed by atoms with van der Waals surface area (Å²) in [6.07, 6.45) is 2.74. The van der Waals surface area contributed by atoms with Gasteiger partial charge in [-0.3, -0.25) is 10.1 Å². The lowest BCUT2D eigenvalue weighted by molar-refractivity contribution is -0.384. The number of ether oxygens (including phenoxy) is 1. The summed E-state index contributed by atoms with van der Waals surface area (Å²) in [5.41, 5.74) is 1.45. The van der Waals surface area contributed by atoms with E-state index in [0.717, 1.165) is 5.56 Å². The van der Waals surface area contributed by atoms with E-state index in [2.05, 4.69) is 0 Å². The second-order valence-electron chi connectivity index (χ2n) is 4.28. The van der Waals surface area contributed by atoms with Crippen LogP contribution in [0.25, 0.3) is 6.08 Å². The molecule has 2 aromatic rings. The third-order valence-corrected chi connectivity index (χ3v) is 2.72. The van der Waals surface area contributed by atoms with E-state index in [0.29, 0.717) is 5.56 Å². The molecule has 21 heavy (non-hydrogen) atoms. The number of rotatable bonds is 5. The number of carbonyl (C=O) groups excluding carboxylic acids is 1. The number of hydrogen-bond donors (Lipinski definition) is 0. The van der Waals surface area contributed by atoms with Crippen LogP contribution in [0, 0.1) is 10.1 Å². The predicted octanol–water partition coefficient (Wildman–Crippen LogP) is 3.35. The second kappa shape index (κ2) is 7.00. The van der Waals surface area contributed by atoms with E-state index < -0.39 is 10.9 Å². The van der Waals surface area contributed by atoms with Crippen LogP contribution in [-0.2, 0) is 16.1 Å². The van der Waals surface area contributed by atoms with Crippen LogP contribution in [-0.4, -0.2) is 10.9 Å². The maximum atomic E-state index is 11.6. The van der Waals surface area contributed by atoms with Gasteiger partial charge in [-0.1, -0.05) is 42.5 Å². The van der Waals surface area contributed by atoms with Crippen molar-refractivity contribution in [2.75, 3.05) is 0 Å². The Kier molecular flexibility index (Phi) is 4.82. The Morgan fingerprint density at radius 3 is 2.62 bits per heavy atom. The summed E-state index contributed by atoms with van der Waals surface area (Å²) >= 11 is 0. The smallest absolute Gasteiger partial charge is 0.331 e. The minimum absolute atomic E-state index is 0.0187. The summed E-state index contributed by atoms with van der Waals surface area (Å²) in [6.45, 7) is 0.193. The molecule has 5 heteroatoms. The van der Waals surface area contributed by atoms with Crippen molar-refractivity contribution in [1.82, 2.24) is 0 Å². The molecular formula is C16H13NO4. The van der Waals surface area contributed by atoms with Crippen LogP contribution in [0.2, 0.25) is 0 Å². The molecule has 5 nitrogen and oxygen atoms in total. The Hall–Kier alpha value is -2.95. The fourth-order valence-electron chi connectivity index (χ4n) is 1.68. The normalized spacial score (nSPS) is 10.5. The van der Waals surface area contributed by atoms with Crippen LogP contribution >= 0.6 is 0 Å². The molecule has 0 aliphatic heterocycles. The Morgan fingerprint density at radius 2 is 1.90 bits per heavy atom. The van der Waals surface area contributed by atoms with E-state index in [-0.39, 0.29) is 12.3 Å². The van der Waals surface area contributed by atoms with Crippen LogP contribution in [0.3, 0.4) is 0 Å². The Bertz CT molecular complexity index is 665. The molecule has 2 aromatic carbocycles. The highest BCUT2D eigenvalue weighted by molar-refractivity contribution is 5.87. The van der Waals surface area contributed by atoms with Crippen LogP contribution in [0.4, 0.5) is 5.69 Å². The van der Waals surface area contributed by atoms with Crippen molar-refractivity contribution in [1.29, 1.82) is 0 Å². The molecule has 0 atom stereocenters. The average Bonchev–Trinajstić information content (AvgIpc) is 2.52. The van der Waals surface area contributed by atoms with E-state index >= 15 is 0 Å². The topological polar surface area (TPSA) is 69.4 Å². The quantitative estimate of drug-likeness (QED) is 0.365. The van der Waals surface area contributed by atoms with Gasteiger partial charge in [0, 0.05) is 18.2 Å². The highest BCUT2D eigenvalue weighted by Crippen LogP contribution is 2.14. The highest BCUT2D eigenvalue weighted by atomic mass is 16.6. The molecular weight excluding hydrogens is 270 g/mol. The van der Waals surface area contributed by atoms with E-state index in [1.54, 1.807) is 12.1 Å². The van der Waals surface area contributed by atoms with Gasteiger partial charge in [-0.2, -0.15) is 0 Å². The van der Waals surface area contributed by atoms with Crippen molar-refractivity contribution in [3.8, 4) is 0 Å². The molecule has 106 valence electrons. The standard InChI is InChI=1S/C16H13NO4/c18-16(21-12-14-5-2-1-3-6-14)10-9-13-7-4-8-15(11-13)17(19)20/h1-11H,12H2. The Balaban J connectivity index is 1.93. The van der Waals surface area contributed by atoms with Crippen molar-refractivity contribution in [2.24, 2.45) is 0 Å². The molecule has 2 rings (SSSR count). The molecule has 0 amide bonds. The van der Waals surface area contributed by atoms with Gasteiger partial charge in [0.05, 0.1) is 4.92 Å². The molecule has 0 aromatic heterocycles. The van der Waals surface area contributed by atoms with Gasteiger partial charge < -0.3 is 4.74 Å². The van der Waals surface area contributed by atoms with E-state index in [1.165, 1.54) is 24.3 Å². The van der Waals surface area contributed by atoms with Crippen LogP contribution in [0.15, 0.2) is 60.7 Å². The fourth-order valence-corrected chi connectivity index (χ4v) is 1.68. The first-order valence-electron chi connectivity index (χ1n) is 6.28. The van der Waals surface area contributed by atoms with Crippen molar-refractivity contribution in [2.45, 2.75) is 6.61 Å². The van der Waals surface area contributed by atoms with Gasteiger partial charge >= 0.3 is 5.97 Å². The summed E-state index contributed by atoms with van der Waals surface area (Å²) in [5, 5.41) is 10.6. The second-order valence-corrected chi connectivity index (χ2v) is 4.28. The van der Waals surface area contributed by atoms with E-state index in [9.17, 15) is 14.9 Å². The monoisotopic (exact) mass is 283 g/mol. The van der Waals surface area contributed by atoms with Gasteiger partial charge in [0.1, 0.15) is 6.61 Å². The van der Waals surface area contributed by atoms with Gasteiger partial charge in [-0.05, 0) is 17.2 Å². The van der Waals surface area contributed by atoms with E-state index in [1.807, 2.05) is 30.3 Å². The van der Waals surface area contributed by atoms with Crippen LogP contribution in [0.1, 0.15) is 11.1 Å². The first-order valence-corrected chi connectivity index (χ1v) is 6.28. The summed E-state index contributed by atoms with van der Waals surface area (Å²) in [4.78, 5) is 21.7. The molecule has 0 saturated heterocycles. The highest BCUT2D eigenvalue weighted by Gasteiger charge is 2.04. The molecule has 0 radical (unpaired) electrons. The molecule has 0 fully saturated rings. The number of nitro benzene ring substituents is 1. The predicted molar refractivity (Wildman–Crippen MR) is 78.4 cm³/mol. The van der Waals surface area contributed by atoms with Crippen molar-refractivity contribution in [3.05, 3.63) is 81.9 Å². The van der Waals surface area contributed by atoms with Crippen molar-refractivity contribution < 1.29 is 14.5 Å². The molecule has 0 bridgehead atoms. The first kappa shape index (κ1) is 14.5. The van der Waals surface area contributed by atoms with Gasteiger partial charge in [0.15, 0.2) is 0 Å². The SMILES string of the molecule is O=C(C=Cc1cccc([N+](=O)[O-])c1)OCc1ccccc1. The minimum Gasteiger partial charge on any atom is -0.458 e. The molecule has 0 aliphatic carbocycles. The number of benzene rings is 2. The average molecular weight is 283 g/mol. The summed E-state index contributed by atoms with van der Waals surface area (Å²) in [5.74, 6) is -0.495. The molecule has 0 unspecified atom stereocenters. The van der Waals surface area contributed by atoms with E-state index in [4.69, 9.17) is 4.74 Å². The zero-order valence-electron chi connectivity index (χ0n) is 11.1. The Morgan fingerprint density at radius 1 is 1.14 bits per heavy atom. The lowest BCUT2D eigenvalue weighted by Crippen LogP contribution is -2.00. The maximum absolute atomic E-state index is 11.6. The molecule has 0 heterocycles. The number of hydrogen-bond acceptors (Lipinski definition) is 4. The largest absolute Gasteiger partial charge is 0.458 e.